The summed E-state index contributed by atoms with van der Waals surface area (Å²) >= 11 is 3.47. The number of carbonyl (C=O) groups excluding carboxylic acids is 1. The van der Waals surface area contributed by atoms with Crippen LogP contribution in [0.4, 0.5) is 0 Å². The summed E-state index contributed by atoms with van der Waals surface area (Å²) in [6.45, 7) is 0. The van der Waals surface area contributed by atoms with Crippen molar-refractivity contribution in [2.75, 3.05) is 7.05 Å². The summed E-state index contributed by atoms with van der Waals surface area (Å²) in [7, 11) is 1.92. The number of hydrogen-bond acceptors (Lipinski definition) is 2. The Hall–Kier alpha value is -1.62. The maximum atomic E-state index is 12.8. The van der Waals surface area contributed by atoms with Crippen molar-refractivity contribution in [3.05, 3.63) is 46.7 Å². The number of halogens is 1. The molecule has 4 nitrogen and oxygen atoms in total. The molecular formula is C19H24BrN3O. The van der Waals surface area contributed by atoms with E-state index >= 15 is 0 Å². The lowest BCUT2D eigenvalue weighted by atomic mass is 9.96. The van der Waals surface area contributed by atoms with Crippen molar-refractivity contribution in [1.29, 1.82) is 0 Å². The number of nitrogens with zero attached hydrogens (tertiary/aromatic N) is 3. The Balaban J connectivity index is 1.72. The lowest BCUT2D eigenvalue weighted by Crippen LogP contribution is -2.37. The standard InChI is InChI=1S/C19H24BrN3O/c1-22(16-9-5-3-2-4-6-10-16)19(24)18-12-13-23(21-18)17-11-7-8-15(20)14-17/h7-8,11-14,16H,2-6,9-10H2,1H3. The van der Waals surface area contributed by atoms with Crippen LogP contribution < -0.4 is 0 Å². The fourth-order valence-electron chi connectivity index (χ4n) is 3.37. The SMILES string of the molecule is CN(C(=O)c1ccn(-c2cccc(Br)c2)n1)C1CCCCCCC1. The van der Waals surface area contributed by atoms with E-state index in [4.69, 9.17) is 0 Å². The van der Waals surface area contributed by atoms with E-state index in [0.29, 0.717) is 11.7 Å². The normalized spacial score (nSPS) is 16.4. The Morgan fingerprint density at radius 1 is 1.17 bits per heavy atom. The molecule has 0 radical (unpaired) electrons. The van der Waals surface area contributed by atoms with Gasteiger partial charge in [-0.2, -0.15) is 5.10 Å². The van der Waals surface area contributed by atoms with Gasteiger partial charge >= 0.3 is 0 Å². The van der Waals surface area contributed by atoms with Gasteiger partial charge in [0.2, 0.25) is 0 Å². The minimum Gasteiger partial charge on any atom is -0.337 e. The first-order chi connectivity index (χ1) is 11.6. The van der Waals surface area contributed by atoms with E-state index in [0.717, 1.165) is 23.0 Å². The molecule has 3 rings (SSSR count). The maximum absolute atomic E-state index is 12.8. The van der Waals surface area contributed by atoms with Crippen molar-refractivity contribution >= 4 is 21.8 Å². The van der Waals surface area contributed by atoms with Crippen LogP contribution in [0.3, 0.4) is 0 Å². The maximum Gasteiger partial charge on any atom is 0.274 e. The summed E-state index contributed by atoms with van der Waals surface area (Å²) in [5, 5.41) is 4.48. The molecule has 1 saturated carbocycles. The highest BCUT2D eigenvalue weighted by Gasteiger charge is 2.23. The monoisotopic (exact) mass is 389 g/mol. The number of amides is 1. The van der Waals surface area contributed by atoms with Crippen LogP contribution in [0.1, 0.15) is 55.4 Å². The molecule has 0 N–H and O–H groups in total. The average molecular weight is 390 g/mol. The minimum atomic E-state index is 0.0225. The first kappa shape index (κ1) is 17.2. The molecule has 1 aliphatic rings. The zero-order valence-electron chi connectivity index (χ0n) is 14.1. The van der Waals surface area contributed by atoms with E-state index in [1.54, 1.807) is 4.68 Å². The number of aromatic nitrogens is 2. The molecule has 0 atom stereocenters. The summed E-state index contributed by atoms with van der Waals surface area (Å²) in [6.07, 6.45) is 10.4. The number of benzene rings is 1. The molecule has 24 heavy (non-hydrogen) atoms. The van der Waals surface area contributed by atoms with Crippen molar-refractivity contribution < 1.29 is 4.79 Å². The van der Waals surface area contributed by atoms with Gasteiger partial charge in [0.05, 0.1) is 5.69 Å². The molecule has 1 fully saturated rings. The molecule has 0 bridgehead atoms. The molecule has 0 unspecified atom stereocenters. The van der Waals surface area contributed by atoms with Crippen LogP contribution in [0.25, 0.3) is 5.69 Å². The van der Waals surface area contributed by atoms with Crippen LogP contribution in [0.15, 0.2) is 41.0 Å². The van der Waals surface area contributed by atoms with Crippen LogP contribution >= 0.6 is 15.9 Å². The highest BCUT2D eigenvalue weighted by atomic mass is 79.9. The van der Waals surface area contributed by atoms with Crippen LogP contribution in [0.2, 0.25) is 0 Å². The van der Waals surface area contributed by atoms with Gasteiger partial charge in [-0.25, -0.2) is 4.68 Å². The minimum absolute atomic E-state index is 0.0225. The quantitative estimate of drug-likeness (QED) is 0.754. The van der Waals surface area contributed by atoms with E-state index in [1.807, 2.05) is 48.5 Å². The molecule has 1 aromatic heterocycles. The molecular weight excluding hydrogens is 366 g/mol. The first-order valence-electron chi connectivity index (χ1n) is 8.74. The topological polar surface area (TPSA) is 38.1 Å². The van der Waals surface area contributed by atoms with Gasteiger partial charge in [-0.3, -0.25) is 4.79 Å². The third kappa shape index (κ3) is 4.07. The second kappa shape index (κ2) is 7.97. The van der Waals surface area contributed by atoms with E-state index in [1.165, 1.54) is 32.1 Å². The lowest BCUT2D eigenvalue weighted by molar-refractivity contribution is 0.0700. The first-order valence-corrected chi connectivity index (χ1v) is 9.53. The summed E-state index contributed by atoms with van der Waals surface area (Å²) in [4.78, 5) is 14.7. The Morgan fingerprint density at radius 3 is 2.58 bits per heavy atom. The fourth-order valence-corrected chi connectivity index (χ4v) is 3.76. The van der Waals surface area contributed by atoms with Gasteiger partial charge in [0.1, 0.15) is 0 Å². The molecule has 2 aromatic rings. The largest absolute Gasteiger partial charge is 0.337 e. The second-order valence-electron chi connectivity index (χ2n) is 6.54. The van der Waals surface area contributed by atoms with Gasteiger partial charge in [-0.1, -0.05) is 54.1 Å². The summed E-state index contributed by atoms with van der Waals surface area (Å²) in [5.74, 6) is 0.0225. The zero-order chi connectivity index (χ0) is 16.9. The highest BCUT2D eigenvalue weighted by Crippen LogP contribution is 2.22. The van der Waals surface area contributed by atoms with E-state index in [2.05, 4.69) is 21.0 Å². The van der Waals surface area contributed by atoms with E-state index < -0.39 is 0 Å². The van der Waals surface area contributed by atoms with Gasteiger partial charge in [0.15, 0.2) is 5.69 Å². The van der Waals surface area contributed by atoms with E-state index in [-0.39, 0.29) is 5.91 Å². The Labute approximate surface area is 152 Å². The predicted octanol–water partition coefficient (Wildman–Crippen LogP) is 4.82. The molecule has 1 aliphatic carbocycles. The Bertz CT molecular complexity index is 689. The Morgan fingerprint density at radius 2 is 1.88 bits per heavy atom. The molecule has 5 heteroatoms. The summed E-state index contributed by atoms with van der Waals surface area (Å²) in [5.41, 5.74) is 1.46. The lowest BCUT2D eigenvalue weighted by Gasteiger charge is -2.29. The summed E-state index contributed by atoms with van der Waals surface area (Å²) in [6, 6.07) is 10.0. The van der Waals surface area contributed by atoms with Crippen molar-refractivity contribution in [3.63, 3.8) is 0 Å². The second-order valence-corrected chi connectivity index (χ2v) is 7.46. The summed E-state index contributed by atoms with van der Waals surface area (Å²) < 4.78 is 2.75. The number of rotatable bonds is 3. The van der Waals surface area contributed by atoms with Crippen molar-refractivity contribution in [2.24, 2.45) is 0 Å². The highest BCUT2D eigenvalue weighted by molar-refractivity contribution is 9.10. The van der Waals surface area contributed by atoms with Crippen LogP contribution in [0.5, 0.6) is 0 Å². The van der Waals surface area contributed by atoms with Crippen LogP contribution in [-0.4, -0.2) is 33.7 Å². The van der Waals surface area contributed by atoms with Crippen molar-refractivity contribution in [1.82, 2.24) is 14.7 Å². The van der Waals surface area contributed by atoms with E-state index in [9.17, 15) is 4.79 Å². The van der Waals surface area contributed by atoms with Gasteiger partial charge in [0, 0.05) is 23.8 Å². The fraction of sp³-hybridized carbons (Fsp3) is 0.474. The van der Waals surface area contributed by atoms with Gasteiger partial charge in [-0.05, 0) is 37.1 Å². The predicted molar refractivity (Wildman–Crippen MR) is 99.5 cm³/mol. The number of carbonyl (C=O) groups is 1. The van der Waals surface area contributed by atoms with Crippen LogP contribution in [0, 0.1) is 0 Å². The number of hydrogen-bond donors (Lipinski definition) is 0. The van der Waals surface area contributed by atoms with Crippen molar-refractivity contribution in [2.45, 2.75) is 51.0 Å². The van der Waals surface area contributed by atoms with Gasteiger partial charge < -0.3 is 4.90 Å². The van der Waals surface area contributed by atoms with Crippen LogP contribution in [-0.2, 0) is 0 Å². The molecule has 0 saturated heterocycles. The molecule has 0 aliphatic heterocycles. The van der Waals surface area contributed by atoms with Gasteiger partial charge in [0.25, 0.3) is 5.91 Å². The zero-order valence-corrected chi connectivity index (χ0v) is 15.7. The molecule has 128 valence electrons. The third-order valence-corrected chi connectivity index (χ3v) is 5.32. The molecule has 1 heterocycles. The smallest absolute Gasteiger partial charge is 0.274 e. The Kier molecular flexibility index (Phi) is 5.72. The molecule has 1 amide bonds. The third-order valence-electron chi connectivity index (χ3n) is 4.82. The van der Waals surface area contributed by atoms with Crippen molar-refractivity contribution in [3.8, 4) is 5.69 Å². The molecule has 0 spiro atoms. The molecule has 1 aromatic carbocycles. The van der Waals surface area contributed by atoms with Gasteiger partial charge in [-0.15, -0.1) is 0 Å². The average Bonchev–Trinajstić information content (AvgIpc) is 3.03.